The van der Waals surface area contributed by atoms with E-state index in [1.165, 1.54) is 22.9 Å². The van der Waals surface area contributed by atoms with E-state index in [2.05, 4.69) is 5.10 Å². The van der Waals surface area contributed by atoms with Crippen LogP contribution in [0.1, 0.15) is 10.5 Å². The van der Waals surface area contributed by atoms with E-state index in [1.807, 2.05) is 0 Å². The summed E-state index contributed by atoms with van der Waals surface area (Å²) in [4.78, 5) is 10.9. The van der Waals surface area contributed by atoms with Gasteiger partial charge >= 0.3 is 5.97 Å². The maximum absolute atomic E-state index is 14.1. The molecule has 3 rings (SSSR count). The van der Waals surface area contributed by atoms with Gasteiger partial charge < -0.3 is 14.6 Å². The molecule has 0 fully saturated rings. The molecule has 0 saturated heterocycles. The van der Waals surface area contributed by atoms with Gasteiger partial charge in [0.2, 0.25) is 0 Å². The van der Waals surface area contributed by atoms with Crippen LogP contribution in [0.2, 0.25) is 0 Å². The molecule has 6 nitrogen and oxygen atoms in total. The van der Waals surface area contributed by atoms with Gasteiger partial charge in [-0.25, -0.2) is 9.18 Å². The van der Waals surface area contributed by atoms with Gasteiger partial charge in [-0.1, -0.05) is 0 Å². The number of hydrogen-bond donors (Lipinski definition) is 1. The molecule has 1 N–H and O–H groups in total. The minimum Gasteiger partial charge on any atom is -0.486 e. The summed E-state index contributed by atoms with van der Waals surface area (Å²) in [7, 11) is 1.55. The number of nitrogens with zero attached hydrogens (tertiary/aromatic N) is 2. The molecule has 0 saturated carbocycles. The Bertz CT molecular complexity index is 696. The maximum Gasteiger partial charge on any atom is 0.356 e. The lowest BCUT2D eigenvalue weighted by molar-refractivity contribution is 0.0689. The van der Waals surface area contributed by atoms with Gasteiger partial charge in [-0.3, -0.25) is 4.68 Å². The normalized spacial score (nSPS) is 13.3. The van der Waals surface area contributed by atoms with Gasteiger partial charge in [-0.2, -0.15) is 5.10 Å². The van der Waals surface area contributed by atoms with E-state index in [0.717, 1.165) is 0 Å². The van der Waals surface area contributed by atoms with Gasteiger partial charge in [0.1, 0.15) is 19.0 Å². The first-order valence-corrected chi connectivity index (χ1v) is 5.93. The highest BCUT2D eigenvalue weighted by atomic mass is 19.1. The minimum atomic E-state index is -1.16. The Balaban J connectivity index is 2.12. The first kappa shape index (κ1) is 12.5. The Kier molecular flexibility index (Phi) is 2.81. The number of carbonyl (C=O) groups is 1. The van der Waals surface area contributed by atoms with Crippen LogP contribution in [-0.2, 0) is 7.05 Å². The van der Waals surface area contributed by atoms with Crippen LogP contribution in [0.5, 0.6) is 11.5 Å². The number of halogens is 1. The zero-order chi connectivity index (χ0) is 14.3. The number of carboxylic acid groups (broad SMARTS) is 1. The van der Waals surface area contributed by atoms with Crippen LogP contribution < -0.4 is 9.47 Å². The zero-order valence-electron chi connectivity index (χ0n) is 10.6. The van der Waals surface area contributed by atoms with Gasteiger partial charge in [-0.05, 0) is 12.1 Å². The predicted molar refractivity (Wildman–Crippen MR) is 66.6 cm³/mol. The SMILES string of the molecule is Cn1nc(C(=O)O)cc1-c1cc2c(cc1F)OCCO2. The number of rotatable bonds is 2. The van der Waals surface area contributed by atoms with Crippen LogP contribution in [-0.4, -0.2) is 34.1 Å². The molecule has 1 aromatic heterocycles. The average Bonchev–Trinajstić information content (AvgIpc) is 2.80. The Hall–Kier alpha value is -2.57. The van der Waals surface area contributed by atoms with Crippen molar-refractivity contribution in [3.63, 3.8) is 0 Å². The van der Waals surface area contributed by atoms with E-state index in [0.29, 0.717) is 30.4 Å². The highest BCUT2D eigenvalue weighted by molar-refractivity contribution is 5.87. The molecule has 2 aromatic rings. The third-order valence-electron chi connectivity index (χ3n) is 3.01. The van der Waals surface area contributed by atoms with Crippen molar-refractivity contribution >= 4 is 5.97 Å². The van der Waals surface area contributed by atoms with Gasteiger partial charge in [0, 0.05) is 18.7 Å². The molecule has 1 aliphatic rings. The van der Waals surface area contributed by atoms with E-state index in [4.69, 9.17) is 14.6 Å². The number of benzene rings is 1. The summed E-state index contributed by atoms with van der Waals surface area (Å²) in [6, 6.07) is 4.04. The second kappa shape index (κ2) is 4.52. The Morgan fingerprint density at radius 3 is 2.55 bits per heavy atom. The first-order chi connectivity index (χ1) is 9.56. The highest BCUT2D eigenvalue weighted by Gasteiger charge is 2.20. The van der Waals surface area contributed by atoms with Gasteiger partial charge in [0.15, 0.2) is 17.2 Å². The van der Waals surface area contributed by atoms with Crippen LogP contribution in [0, 0.1) is 5.82 Å². The number of aromatic nitrogens is 2. The summed E-state index contributed by atoms with van der Waals surface area (Å²) >= 11 is 0. The number of ether oxygens (including phenoxy) is 2. The number of carboxylic acids is 1. The van der Waals surface area contributed by atoms with Crippen LogP contribution in [0.25, 0.3) is 11.3 Å². The summed E-state index contributed by atoms with van der Waals surface area (Å²) < 4.78 is 26.1. The minimum absolute atomic E-state index is 0.142. The van der Waals surface area contributed by atoms with Crippen molar-refractivity contribution in [3.05, 3.63) is 29.7 Å². The van der Waals surface area contributed by atoms with Crippen LogP contribution in [0.15, 0.2) is 18.2 Å². The van der Waals surface area contributed by atoms with Crippen molar-refractivity contribution in [2.45, 2.75) is 0 Å². The fraction of sp³-hybridized carbons (Fsp3) is 0.231. The van der Waals surface area contributed by atoms with E-state index >= 15 is 0 Å². The lowest BCUT2D eigenvalue weighted by atomic mass is 10.1. The molecule has 0 spiro atoms. The third-order valence-corrected chi connectivity index (χ3v) is 3.01. The fourth-order valence-corrected chi connectivity index (χ4v) is 2.08. The lowest BCUT2D eigenvalue weighted by Gasteiger charge is -2.19. The maximum atomic E-state index is 14.1. The van der Waals surface area contributed by atoms with Crippen molar-refractivity contribution < 1.29 is 23.8 Å². The van der Waals surface area contributed by atoms with E-state index in [-0.39, 0.29) is 11.3 Å². The molecular weight excluding hydrogens is 267 g/mol. The lowest BCUT2D eigenvalue weighted by Crippen LogP contribution is -2.15. The van der Waals surface area contributed by atoms with E-state index < -0.39 is 11.8 Å². The van der Waals surface area contributed by atoms with Crippen molar-refractivity contribution in [1.82, 2.24) is 9.78 Å². The van der Waals surface area contributed by atoms with Crippen molar-refractivity contribution in [2.75, 3.05) is 13.2 Å². The molecule has 1 aliphatic heterocycles. The summed E-state index contributed by atoms with van der Waals surface area (Å²) in [6.45, 7) is 0.768. The molecule has 104 valence electrons. The summed E-state index contributed by atoms with van der Waals surface area (Å²) in [6.07, 6.45) is 0. The summed E-state index contributed by atoms with van der Waals surface area (Å²) in [5.41, 5.74) is 0.436. The van der Waals surface area contributed by atoms with Crippen LogP contribution in [0.4, 0.5) is 4.39 Å². The smallest absolute Gasteiger partial charge is 0.356 e. The molecular formula is C13H11FN2O4. The quantitative estimate of drug-likeness (QED) is 0.905. The van der Waals surface area contributed by atoms with Crippen molar-refractivity contribution in [1.29, 1.82) is 0 Å². The van der Waals surface area contributed by atoms with E-state index in [9.17, 15) is 9.18 Å². The van der Waals surface area contributed by atoms with Gasteiger partial charge in [0.25, 0.3) is 0 Å². The number of aryl methyl sites for hydroxylation is 1. The van der Waals surface area contributed by atoms with E-state index in [1.54, 1.807) is 7.05 Å². The largest absolute Gasteiger partial charge is 0.486 e. The monoisotopic (exact) mass is 278 g/mol. The second-order valence-corrected chi connectivity index (χ2v) is 4.32. The molecule has 7 heteroatoms. The number of hydrogen-bond acceptors (Lipinski definition) is 4. The van der Waals surface area contributed by atoms with Crippen LogP contribution >= 0.6 is 0 Å². The zero-order valence-corrected chi connectivity index (χ0v) is 10.6. The summed E-state index contributed by atoms with van der Waals surface area (Å²) in [5.74, 6) is -0.900. The molecule has 0 atom stereocenters. The number of aromatic carboxylic acids is 1. The Labute approximate surface area is 113 Å². The molecule has 20 heavy (non-hydrogen) atoms. The average molecular weight is 278 g/mol. The highest BCUT2D eigenvalue weighted by Crippen LogP contribution is 2.36. The Morgan fingerprint density at radius 1 is 1.30 bits per heavy atom. The van der Waals surface area contributed by atoms with Gasteiger partial charge in [-0.15, -0.1) is 0 Å². The van der Waals surface area contributed by atoms with Gasteiger partial charge in [0.05, 0.1) is 5.69 Å². The molecule has 0 unspecified atom stereocenters. The molecule has 0 radical (unpaired) electrons. The number of fused-ring (bicyclic) bond motifs is 1. The topological polar surface area (TPSA) is 73.6 Å². The molecule has 2 heterocycles. The second-order valence-electron chi connectivity index (χ2n) is 4.32. The van der Waals surface area contributed by atoms with Crippen LogP contribution in [0.3, 0.4) is 0 Å². The Morgan fingerprint density at radius 2 is 1.95 bits per heavy atom. The molecule has 0 amide bonds. The molecule has 0 aliphatic carbocycles. The van der Waals surface area contributed by atoms with Crippen molar-refractivity contribution in [3.8, 4) is 22.8 Å². The third kappa shape index (κ3) is 1.97. The standard InChI is InChI=1S/C13H11FN2O4/c1-16-10(6-9(15-16)13(17)18)7-4-11-12(5-8(7)14)20-3-2-19-11/h4-6H,2-3H2,1H3,(H,17,18). The molecule has 1 aromatic carbocycles. The van der Waals surface area contributed by atoms with Crippen molar-refractivity contribution in [2.24, 2.45) is 7.05 Å². The molecule has 0 bridgehead atoms. The first-order valence-electron chi connectivity index (χ1n) is 5.93. The predicted octanol–water partition coefficient (Wildman–Crippen LogP) is 1.70. The summed E-state index contributed by atoms with van der Waals surface area (Å²) in [5, 5.41) is 12.7. The fourth-order valence-electron chi connectivity index (χ4n) is 2.08.